The third-order valence-electron chi connectivity index (χ3n) is 3.10. The van der Waals surface area contributed by atoms with Crippen molar-refractivity contribution in [3.63, 3.8) is 0 Å². The highest BCUT2D eigenvalue weighted by Gasteiger charge is 2.04. The molecule has 4 nitrogen and oxygen atoms in total. The summed E-state index contributed by atoms with van der Waals surface area (Å²) in [6.07, 6.45) is 2.71. The fourth-order valence-corrected chi connectivity index (χ4v) is 2.03. The number of nitrogens with two attached hydrogens (primary N) is 1. The maximum atomic E-state index is 11.8. The zero-order chi connectivity index (χ0) is 14.8. The Balaban J connectivity index is 2.23. The van der Waals surface area contributed by atoms with Crippen LogP contribution in [0.4, 0.5) is 5.69 Å². The van der Waals surface area contributed by atoms with E-state index in [1.807, 2.05) is 24.3 Å². The Bertz CT molecular complexity index is 407. The molecule has 1 unspecified atom stereocenters. The van der Waals surface area contributed by atoms with Crippen LogP contribution in [0.15, 0.2) is 24.3 Å². The third kappa shape index (κ3) is 6.68. The van der Waals surface area contributed by atoms with E-state index in [-0.39, 0.29) is 5.91 Å². The topological polar surface area (TPSA) is 64.3 Å². The van der Waals surface area contributed by atoms with Gasteiger partial charge in [-0.2, -0.15) is 0 Å². The van der Waals surface area contributed by atoms with Gasteiger partial charge in [0.1, 0.15) is 0 Å². The van der Waals surface area contributed by atoms with Crippen LogP contribution in [0.2, 0.25) is 0 Å². The molecule has 3 N–H and O–H groups in total. The van der Waals surface area contributed by atoms with E-state index in [9.17, 15) is 4.79 Å². The van der Waals surface area contributed by atoms with Gasteiger partial charge in [0.25, 0.3) is 0 Å². The zero-order valence-electron chi connectivity index (χ0n) is 12.5. The smallest absolute Gasteiger partial charge is 0.226 e. The number of nitrogens with one attached hydrogen (secondary N) is 1. The second-order valence-electron chi connectivity index (χ2n) is 5.17. The number of hydrogen-bond acceptors (Lipinski definition) is 3. The number of rotatable bonds is 9. The van der Waals surface area contributed by atoms with Gasteiger partial charge in [0.05, 0.1) is 13.0 Å². The van der Waals surface area contributed by atoms with Gasteiger partial charge in [0.2, 0.25) is 5.91 Å². The van der Waals surface area contributed by atoms with Crippen LogP contribution in [0.5, 0.6) is 0 Å². The van der Waals surface area contributed by atoms with Crippen molar-refractivity contribution in [2.45, 2.75) is 39.7 Å². The average Bonchev–Trinajstić information content (AvgIpc) is 2.44. The summed E-state index contributed by atoms with van der Waals surface area (Å²) in [7, 11) is 0. The van der Waals surface area contributed by atoms with Crippen molar-refractivity contribution in [1.29, 1.82) is 0 Å². The van der Waals surface area contributed by atoms with Crippen molar-refractivity contribution in [2.24, 2.45) is 11.7 Å². The molecule has 0 bridgehead atoms. The summed E-state index contributed by atoms with van der Waals surface area (Å²) < 4.78 is 5.52. The van der Waals surface area contributed by atoms with Gasteiger partial charge < -0.3 is 15.8 Å². The predicted molar refractivity (Wildman–Crippen MR) is 82.5 cm³/mol. The van der Waals surface area contributed by atoms with Gasteiger partial charge in [-0.3, -0.25) is 4.79 Å². The van der Waals surface area contributed by atoms with E-state index in [4.69, 9.17) is 10.5 Å². The minimum atomic E-state index is -0.0256. The summed E-state index contributed by atoms with van der Waals surface area (Å²) in [6.45, 7) is 6.00. The van der Waals surface area contributed by atoms with Gasteiger partial charge in [0.15, 0.2) is 0 Å². The van der Waals surface area contributed by atoms with Crippen molar-refractivity contribution >= 4 is 11.6 Å². The lowest BCUT2D eigenvalue weighted by Gasteiger charge is -2.11. The van der Waals surface area contributed by atoms with Gasteiger partial charge in [-0.25, -0.2) is 0 Å². The normalized spacial score (nSPS) is 12.2. The first-order valence-electron chi connectivity index (χ1n) is 7.32. The fourth-order valence-electron chi connectivity index (χ4n) is 2.03. The molecule has 0 aliphatic heterocycles. The number of carbonyl (C=O) groups is 1. The summed E-state index contributed by atoms with van der Waals surface area (Å²) in [6, 6.07) is 7.58. The standard InChI is InChI=1S/C16H26N2O2/c1-3-5-13(2)12-20-9-8-16(19)18-15-7-4-6-14(10-15)11-17/h4,6-7,10,13H,3,5,8-9,11-12,17H2,1-2H3,(H,18,19). The van der Waals surface area contributed by atoms with Crippen molar-refractivity contribution in [3.05, 3.63) is 29.8 Å². The first-order valence-corrected chi connectivity index (χ1v) is 7.32. The molecule has 1 amide bonds. The van der Waals surface area contributed by atoms with Crippen LogP contribution in [-0.4, -0.2) is 19.1 Å². The van der Waals surface area contributed by atoms with E-state index in [1.54, 1.807) is 0 Å². The van der Waals surface area contributed by atoms with Crippen LogP contribution in [0.3, 0.4) is 0 Å². The summed E-state index contributed by atoms with van der Waals surface area (Å²) in [5.41, 5.74) is 7.36. The molecule has 1 atom stereocenters. The number of anilines is 1. The fraction of sp³-hybridized carbons (Fsp3) is 0.562. The average molecular weight is 278 g/mol. The van der Waals surface area contributed by atoms with Crippen molar-refractivity contribution in [2.75, 3.05) is 18.5 Å². The number of ether oxygens (including phenoxy) is 1. The van der Waals surface area contributed by atoms with Crippen LogP contribution >= 0.6 is 0 Å². The summed E-state index contributed by atoms with van der Waals surface area (Å²) >= 11 is 0. The quantitative estimate of drug-likeness (QED) is 0.683. The Morgan fingerprint density at radius 1 is 1.45 bits per heavy atom. The summed E-state index contributed by atoms with van der Waals surface area (Å²) in [4.78, 5) is 11.8. The van der Waals surface area contributed by atoms with Gasteiger partial charge in [-0.15, -0.1) is 0 Å². The summed E-state index contributed by atoms with van der Waals surface area (Å²) in [5, 5.41) is 2.86. The molecule has 20 heavy (non-hydrogen) atoms. The lowest BCUT2D eigenvalue weighted by molar-refractivity contribution is -0.117. The highest BCUT2D eigenvalue weighted by molar-refractivity contribution is 5.90. The maximum absolute atomic E-state index is 11.8. The van der Waals surface area contributed by atoms with Crippen molar-refractivity contribution in [1.82, 2.24) is 0 Å². The van der Waals surface area contributed by atoms with E-state index >= 15 is 0 Å². The molecule has 0 heterocycles. The van der Waals surface area contributed by atoms with E-state index < -0.39 is 0 Å². The minimum absolute atomic E-state index is 0.0256. The highest BCUT2D eigenvalue weighted by Crippen LogP contribution is 2.10. The Kier molecular flexibility index (Phi) is 7.92. The first kappa shape index (κ1) is 16.7. The van der Waals surface area contributed by atoms with E-state index in [1.165, 1.54) is 6.42 Å². The molecule has 1 aromatic rings. The Labute approximate surface area is 121 Å². The van der Waals surface area contributed by atoms with Crippen LogP contribution < -0.4 is 11.1 Å². The largest absolute Gasteiger partial charge is 0.381 e. The van der Waals surface area contributed by atoms with E-state index in [0.29, 0.717) is 25.5 Å². The van der Waals surface area contributed by atoms with Gasteiger partial charge in [-0.1, -0.05) is 32.4 Å². The first-order chi connectivity index (χ1) is 9.65. The molecule has 1 rings (SSSR count). The molecule has 0 saturated carbocycles. The molecule has 1 aromatic carbocycles. The molecule has 0 fully saturated rings. The van der Waals surface area contributed by atoms with Crippen molar-refractivity contribution in [3.8, 4) is 0 Å². The second kappa shape index (κ2) is 9.50. The molecule has 4 heteroatoms. The van der Waals surface area contributed by atoms with Crippen LogP contribution in [0.25, 0.3) is 0 Å². The predicted octanol–water partition coefficient (Wildman–Crippen LogP) is 2.93. The van der Waals surface area contributed by atoms with Crippen LogP contribution in [0.1, 0.15) is 38.7 Å². The molecule has 0 aliphatic rings. The second-order valence-corrected chi connectivity index (χ2v) is 5.17. The highest BCUT2D eigenvalue weighted by atomic mass is 16.5. The monoisotopic (exact) mass is 278 g/mol. The third-order valence-corrected chi connectivity index (χ3v) is 3.10. The Morgan fingerprint density at radius 2 is 2.25 bits per heavy atom. The molecule has 0 spiro atoms. The van der Waals surface area contributed by atoms with E-state index in [0.717, 1.165) is 24.3 Å². The maximum Gasteiger partial charge on any atom is 0.226 e. The van der Waals surface area contributed by atoms with Crippen LogP contribution in [0, 0.1) is 5.92 Å². The molecule has 0 aliphatic carbocycles. The number of amides is 1. The minimum Gasteiger partial charge on any atom is -0.381 e. The molecule has 0 saturated heterocycles. The van der Waals surface area contributed by atoms with Gasteiger partial charge >= 0.3 is 0 Å². The number of benzene rings is 1. The molecule has 0 radical (unpaired) electrons. The summed E-state index contributed by atoms with van der Waals surface area (Å²) in [5.74, 6) is 0.534. The van der Waals surface area contributed by atoms with Gasteiger partial charge in [0, 0.05) is 18.8 Å². The molecular formula is C16H26N2O2. The molecular weight excluding hydrogens is 252 g/mol. The number of hydrogen-bond donors (Lipinski definition) is 2. The lowest BCUT2D eigenvalue weighted by atomic mass is 10.1. The van der Waals surface area contributed by atoms with Crippen LogP contribution in [-0.2, 0) is 16.1 Å². The number of carbonyl (C=O) groups excluding carboxylic acids is 1. The van der Waals surface area contributed by atoms with Crippen molar-refractivity contribution < 1.29 is 9.53 Å². The molecule has 112 valence electrons. The molecule has 0 aromatic heterocycles. The zero-order valence-corrected chi connectivity index (χ0v) is 12.5. The van der Waals surface area contributed by atoms with E-state index in [2.05, 4.69) is 19.2 Å². The Hall–Kier alpha value is -1.39. The Morgan fingerprint density at radius 3 is 2.95 bits per heavy atom. The SMILES string of the molecule is CCCC(C)COCCC(=O)Nc1cccc(CN)c1. The lowest BCUT2D eigenvalue weighted by Crippen LogP contribution is -2.16. The van der Waals surface area contributed by atoms with Gasteiger partial charge in [-0.05, 0) is 30.0 Å².